The van der Waals surface area contributed by atoms with E-state index in [2.05, 4.69) is 20.9 Å². The van der Waals surface area contributed by atoms with Crippen LogP contribution in [0.2, 0.25) is 5.02 Å². The summed E-state index contributed by atoms with van der Waals surface area (Å²) in [7, 11) is 0. The predicted octanol–water partition coefficient (Wildman–Crippen LogP) is 1.42. The van der Waals surface area contributed by atoms with Gasteiger partial charge < -0.3 is 20.1 Å². The molecule has 0 spiro atoms. The lowest BCUT2D eigenvalue weighted by Gasteiger charge is -2.20. The molecule has 2 N–H and O–H groups in total. The Morgan fingerprint density at radius 2 is 2.19 bits per heavy atom. The van der Waals surface area contributed by atoms with Crippen LogP contribution < -0.4 is 15.4 Å². The van der Waals surface area contributed by atoms with Gasteiger partial charge in [-0.1, -0.05) is 16.8 Å². The first kappa shape index (κ1) is 19.9. The van der Waals surface area contributed by atoms with E-state index < -0.39 is 0 Å². The quantitative estimate of drug-likeness (QED) is 0.678. The van der Waals surface area contributed by atoms with Gasteiger partial charge in [-0.3, -0.25) is 9.48 Å². The summed E-state index contributed by atoms with van der Waals surface area (Å²) in [5, 5.41) is 15.0. The molecule has 2 aromatic rings. The van der Waals surface area contributed by atoms with Crippen LogP contribution in [0.15, 0.2) is 24.4 Å². The highest BCUT2D eigenvalue weighted by Crippen LogP contribution is 2.26. The fourth-order valence-corrected chi connectivity index (χ4v) is 3.27. The molecule has 1 aromatic heterocycles. The van der Waals surface area contributed by atoms with Gasteiger partial charge in [0, 0.05) is 31.6 Å². The van der Waals surface area contributed by atoms with Gasteiger partial charge in [0.2, 0.25) is 0 Å². The molecule has 4 rings (SSSR count). The summed E-state index contributed by atoms with van der Waals surface area (Å²) in [4.78, 5) is 12.6. The molecular formula is C17H21Cl2N5O3. The number of nitrogens with one attached hydrogen (secondary N) is 2. The summed E-state index contributed by atoms with van der Waals surface area (Å²) in [6, 6.07) is 4.93. The number of benzene rings is 1. The number of amides is 1. The van der Waals surface area contributed by atoms with Gasteiger partial charge in [0.05, 0.1) is 36.6 Å². The predicted molar refractivity (Wildman–Crippen MR) is 102 cm³/mol. The Morgan fingerprint density at radius 1 is 1.30 bits per heavy atom. The van der Waals surface area contributed by atoms with E-state index in [1.165, 1.54) is 0 Å². The largest absolute Gasteiger partial charge is 0.492 e. The number of hydrogen-bond donors (Lipinski definition) is 2. The van der Waals surface area contributed by atoms with E-state index >= 15 is 0 Å². The Kier molecular flexibility index (Phi) is 6.54. The molecule has 0 radical (unpaired) electrons. The van der Waals surface area contributed by atoms with Gasteiger partial charge >= 0.3 is 0 Å². The maximum atomic E-state index is 12.6. The highest BCUT2D eigenvalue weighted by atomic mass is 35.5. The minimum atomic E-state index is -0.174. The van der Waals surface area contributed by atoms with E-state index in [9.17, 15) is 4.79 Å². The molecule has 0 aliphatic carbocycles. The van der Waals surface area contributed by atoms with Gasteiger partial charge in [-0.25, -0.2) is 0 Å². The number of aromatic nitrogens is 3. The van der Waals surface area contributed by atoms with Gasteiger partial charge in [-0.2, -0.15) is 0 Å². The molecule has 146 valence electrons. The number of fused-ring (bicyclic) bond motifs is 5. The van der Waals surface area contributed by atoms with Crippen molar-refractivity contribution in [3.63, 3.8) is 0 Å². The van der Waals surface area contributed by atoms with Crippen LogP contribution in [0.3, 0.4) is 0 Å². The zero-order chi connectivity index (χ0) is 17.9. The standard InChI is InChI=1S/C17H20ClN5O3.ClH/c18-13-3-2-11-6-15(13)25-5-1-4-23-9-12(21-22-23)10-26-16-8-19-7-14(16)20-17(11)24;/h2-3,6,9,14,16,19H,1,4-5,7-8,10H2,(H,20,24);1H/t14-,16-;/m0./s1. The first-order chi connectivity index (χ1) is 12.7. The van der Waals surface area contributed by atoms with E-state index in [0.29, 0.717) is 49.2 Å². The zero-order valence-electron chi connectivity index (χ0n) is 14.6. The summed E-state index contributed by atoms with van der Waals surface area (Å²) in [5.74, 6) is 0.329. The van der Waals surface area contributed by atoms with Crippen molar-refractivity contribution >= 4 is 29.9 Å². The molecule has 4 bridgehead atoms. The molecule has 1 aromatic carbocycles. The molecule has 2 atom stereocenters. The van der Waals surface area contributed by atoms with Crippen LogP contribution in [0.5, 0.6) is 5.75 Å². The topological polar surface area (TPSA) is 90.3 Å². The Hall–Kier alpha value is -1.87. The SMILES string of the molecule is Cl.O=C1N[C@H]2CNC[C@@H]2OCc2cn(nn2)CCCOc2cc1ccc2Cl. The Bertz CT molecular complexity index is 801. The van der Waals surface area contributed by atoms with E-state index in [4.69, 9.17) is 21.1 Å². The maximum Gasteiger partial charge on any atom is 0.251 e. The number of hydrogen-bond acceptors (Lipinski definition) is 6. The van der Waals surface area contributed by atoms with Crippen molar-refractivity contribution in [2.75, 3.05) is 19.7 Å². The first-order valence-electron chi connectivity index (χ1n) is 8.63. The fraction of sp³-hybridized carbons (Fsp3) is 0.471. The molecule has 1 amide bonds. The van der Waals surface area contributed by atoms with Crippen molar-refractivity contribution in [2.45, 2.75) is 31.7 Å². The van der Waals surface area contributed by atoms with E-state index in [1.807, 2.05) is 6.20 Å². The second-order valence-electron chi connectivity index (χ2n) is 6.41. The van der Waals surface area contributed by atoms with Gasteiger partial charge in [0.15, 0.2) is 0 Å². The first-order valence-corrected chi connectivity index (χ1v) is 9.01. The van der Waals surface area contributed by atoms with Crippen molar-refractivity contribution < 1.29 is 14.3 Å². The number of aryl methyl sites for hydroxylation is 1. The average Bonchev–Trinajstić information content (AvgIpc) is 3.26. The third-order valence-electron chi connectivity index (χ3n) is 4.49. The van der Waals surface area contributed by atoms with E-state index in [0.717, 1.165) is 12.1 Å². The summed E-state index contributed by atoms with van der Waals surface area (Å²) >= 11 is 6.19. The van der Waals surface area contributed by atoms with Crippen LogP contribution in [-0.4, -0.2) is 52.7 Å². The van der Waals surface area contributed by atoms with Crippen molar-refractivity contribution in [1.82, 2.24) is 25.6 Å². The van der Waals surface area contributed by atoms with Crippen LogP contribution in [0.25, 0.3) is 0 Å². The molecule has 8 nitrogen and oxygen atoms in total. The monoisotopic (exact) mass is 413 g/mol. The molecule has 3 heterocycles. The number of carbonyl (C=O) groups is 1. The molecular weight excluding hydrogens is 393 g/mol. The lowest BCUT2D eigenvalue weighted by Crippen LogP contribution is -2.43. The second kappa shape index (κ2) is 8.88. The summed E-state index contributed by atoms with van der Waals surface area (Å²) in [5.41, 5.74) is 1.28. The van der Waals surface area contributed by atoms with Crippen LogP contribution >= 0.6 is 24.0 Å². The van der Waals surface area contributed by atoms with Crippen LogP contribution in [0.4, 0.5) is 0 Å². The summed E-state index contributed by atoms with van der Waals surface area (Å²) < 4.78 is 13.5. The van der Waals surface area contributed by atoms with Crippen LogP contribution in [0, 0.1) is 0 Å². The normalized spacial score (nSPS) is 22.9. The molecule has 27 heavy (non-hydrogen) atoms. The lowest BCUT2D eigenvalue weighted by molar-refractivity contribution is 0.0341. The van der Waals surface area contributed by atoms with Gasteiger partial charge in [-0.15, -0.1) is 17.5 Å². The smallest absolute Gasteiger partial charge is 0.251 e. The fourth-order valence-electron chi connectivity index (χ4n) is 3.10. The number of rotatable bonds is 0. The molecule has 2 aliphatic rings. The zero-order valence-corrected chi connectivity index (χ0v) is 16.1. The lowest BCUT2D eigenvalue weighted by atomic mass is 10.1. The number of halogens is 2. The van der Waals surface area contributed by atoms with Crippen molar-refractivity contribution in [1.29, 1.82) is 0 Å². The molecule has 1 saturated heterocycles. The number of nitrogens with zero attached hydrogens (tertiary/aromatic N) is 3. The minimum absolute atomic E-state index is 0. The van der Waals surface area contributed by atoms with Gasteiger partial charge in [-0.05, 0) is 18.2 Å². The molecule has 10 heteroatoms. The van der Waals surface area contributed by atoms with Crippen molar-refractivity contribution in [3.05, 3.63) is 40.7 Å². The van der Waals surface area contributed by atoms with E-state index in [-0.39, 0.29) is 30.5 Å². The number of carbonyl (C=O) groups excluding carboxylic acids is 1. The summed E-state index contributed by atoms with van der Waals surface area (Å²) in [6.07, 6.45) is 2.49. The molecule has 0 saturated carbocycles. The van der Waals surface area contributed by atoms with Crippen LogP contribution in [0.1, 0.15) is 22.5 Å². The third-order valence-corrected chi connectivity index (χ3v) is 4.80. The highest BCUT2D eigenvalue weighted by molar-refractivity contribution is 6.32. The van der Waals surface area contributed by atoms with Crippen molar-refractivity contribution in [2.24, 2.45) is 0 Å². The van der Waals surface area contributed by atoms with Crippen LogP contribution in [-0.2, 0) is 17.9 Å². The minimum Gasteiger partial charge on any atom is -0.492 e. The van der Waals surface area contributed by atoms with Gasteiger partial charge in [0.25, 0.3) is 5.91 Å². The molecule has 1 fully saturated rings. The van der Waals surface area contributed by atoms with E-state index in [1.54, 1.807) is 22.9 Å². The van der Waals surface area contributed by atoms with Crippen molar-refractivity contribution in [3.8, 4) is 5.75 Å². The average molecular weight is 414 g/mol. The third kappa shape index (κ3) is 4.70. The number of ether oxygens (including phenoxy) is 2. The Labute approximate surface area is 168 Å². The Morgan fingerprint density at radius 3 is 3.07 bits per heavy atom. The maximum absolute atomic E-state index is 12.6. The highest BCUT2D eigenvalue weighted by Gasteiger charge is 2.30. The van der Waals surface area contributed by atoms with Gasteiger partial charge in [0.1, 0.15) is 11.4 Å². The summed E-state index contributed by atoms with van der Waals surface area (Å²) in [6.45, 7) is 2.83. The Balaban J connectivity index is 0.00000210. The molecule has 2 aliphatic heterocycles. The second-order valence-corrected chi connectivity index (χ2v) is 6.82. The molecule has 0 unspecified atom stereocenters.